The van der Waals surface area contributed by atoms with Gasteiger partial charge in [0.2, 0.25) is 0 Å². The third-order valence-corrected chi connectivity index (χ3v) is 4.76. The summed E-state index contributed by atoms with van der Waals surface area (Å²) in [4.78, 5) is 17.4. The van der Waals surface area contributed by atoms with Crippen LogP contribution in [0.15, 0.2) is 47.5 Å². The Balaban J connectivity index is 1.92. The number of rotatable bonds is 2. The summed E-state index contributed by atoms with van der Waals surface area (Å²) in [5, 5.41) is 8.76. The van der Waals surface area contributed by atoms with Crippen molar-refractivity contribution in [1.29, 1.82) is 0 Å². The van der Waals surface area contributed by atoms with Gasteiger partial charge in [-0.15, -0.1) is 5.10 Å². The van der Waals surface area contributed by atoms with Gasteiger partial charge in [0.25, 0.3) is 5.56 Å². The quantitative estimate of drug-likeness (QED) is 0.545. The summed E-state index contributed by atoms with van der Waals surface area (Å²) in [5.41, 5.74) is 5.09. The van der Waals surface area contributed by atoms with E-state index in [-0.39, 0.29) is 11.1 Å². The van der Waals surface area contributed by atoms with E-state index in [4.69, 9.17) is 11.6 Å². The fraction of sp³-hybridized carbons (Fsp3) is 0.158. The maximum atomic E-state index is 12.9. The number of halogens is 1. The molecule has 7 heteroatoms. The van der Waals surface area contributed by atoms with Crippen molar-refractivity contribution in [3.8, 4) is 11.4 Å². The van der Waals surface area contributed by atoms with Crippen molar-refractivity contribution in [2.75, 3.05) is 0 Å². The fourth-order valence-corrected chi connectivity index (χ4v) is 3.02. The van der Waals surface area contributed by atoms with E-state index in [1.807, 2.05) is 45.0 Å². The van der Waals surface area contributed by atoms with Gasteiger partial charge in [-0.2, -0.15) is 4.68 Å². The second kappa shape index (κ2) is 6.07. The van der Waals surface area contributed by atoms with Crippen molar-refractivity contribution in [3.63, 3.8) is 0 Å². The molecule has 2 aromatic heterocycles. The van der Waals surface area contributed by atoms with Gasteiger partial charge in [0.1, 0.15) is 6.33 Å². The maximum absolute atomic E-state index is 12.9. The van der Waals surface area contributed by atoms with E-state index in [0.717, 1.165) is 16.8 Å². The molecule has 4 aromatic rings. The van der Waals surface area contributed by atoms with E-state index < -0.39 is 0 Å². The monoisotopic (exact) mass is 365 g/mol. The minimum Gasteiger partial charge on any atom is -0.266 e. The zero-order chi connectivity index (χ0) is 18.4. The van der Waals surface area contributed by atoms with E-state index in [0.29, 0.717) is 16.4 Å². The number of aromatic nitrogens is 5. The summed E-state index contributed by atoms with van der Waals surface area (Å²) in [6.45, 7) is 5.98. The van der Waals surface area contributed by atoms with Gasteiger partial charge in [-0.25, -0.2) is 4.98 Å². The van der Waals surface area contributed by atoms with Crippen molar-refractivity contribution in [2.24, 2.45) is 0 Å². The van der Waals surface area contributed by atoms with Crippen molar-refractivity contribution in [1.82, 2.24) is 24.5 Å². The highest BCUT2D eigenvalue weighted by Gasteiger charge is 2.15. The summed E-state index contributed by atoms with van der Waals surface area (Å²) in [5.74, 6) is 0. The number of fused-ring (bicyclic) bond motifs is 1. The van der Waals surface area contributed by atoms with E-state index >= 15 is 0 Å². The van der Waals surface area contributed by atoms with Crippen molar-refractivity contribution in [3.05, 3.63) is 74.8 Å². The zero-order valence-electron chi connectivity index (χ0n) is 14.6. The molecule has 0 atom stereocenters. The van der Waals surface area contributed by atoms with Gasteiger partial charge < -0.3 is 0 Å². The molecule has 0 bridgehead atoms. The highest BCUT2D eigenvalue weighted by atomic mass is 35.5. The predicted octanol–water partition coefficient (Wildman–Crippen LogP) is 3.55. The summed E-state index contributed by atoms with van der Waals surface area (Å²) in [7, 11) is 0. The average Bonchev–Trinajstić information content (AvgIpc) is 3.05. The smallest absolute Gasteiger partial charge is 0.266 e. The van der Waals surface area contributed by atoms with E-state index in [1.165, 1.54) is 16.5 Å². The molecule has 0 aliphatic rings. The lowest BCUT2D eigenvalue weighted by Crippen LogP contribution is -2.20. The SMILES string of the molecule is Cc1ccc(-n2nnc3c(=O)n(-c4cc(Cl)ccc4C)cnc32)cc1C. The van der Waals surface area contributed by atoms with Gasteiger partial charge in [0.05, 0.1) is 11.4 Å². The summed E-state index contributed by atoms with van der Waals surface area (Å²) in [6.07, 6.45) is 1.49. The van der Waals surface area contributed by atoms with Gasteiger partial charge >= 0.3 is 0 Å². The van der Waals surface area contributed by atoms with Gasteiger partial charge in [-0.05, 0) is 61.7 Å². The second-order valence-corrected chi connectivity index (χ2v) is 6.73. The fourth-order valence-electron chi connectivity index (χ4n) is 2.85. The Morgan fingerprint density at radius 1 is 0.962 bits per heavy atom. The summed E-state index contributed by atoms with van der Waals surface area (Å²) in [6, 6.07) is 11.3. The molecule has 0 saturated carbocycles. The first-order valence-corrected chi connectivity index (χ1v) is 8.51. The molecule has 2 aromatic carbocycles. The number of nitrogens with zero attached hydrogens (tertiary/aromatic N) is 5. The lowest BCUT2D eigenvalue weighted by molar-refractivity contribution is 0.815. The normalized spacial score (nSPS) is 11.2. The van der Waals surface area contributed by atoms with E-state index in [2.05, 4.69) is 15.3 Å². The van der Waals surface area contributed by atoms with Crippen LogP contribution in [0.5, 0.6) is 0 Å². The Kier molecular flexibility index (Phi) is 3.85. The minimum absolute atomic E-state index is 0.213. The predicted molar refractivity (Wildman–Crippen MR) is 101 cm³/mol. The molecule has 0 amide bonds. The summed E-state index contributed by atoms with van der Waals surface area (Å²) >= 11 is 6.08. The van der Waals surface area contributed by atoms with Crippen LogP contribution in [0.3, 0.4) is 0 Å². The molecule has 0 N–H and O–H groups in total. The molecule has 0 radical (unpaired) electrons. The van der Waals surface area contributed by atoms with Gasteiger partial charge in [0, 0.05) is 5.02 Å². The van der Waals surface area contributed by atoms with Crippen molar-refractivity contribution >= 4 is 22.8 Å². The van der Waals surface area contributed by atoms with Crippen LogP contribution in [-0.2, 0) is 0 Å². The molecular weight excluding hydrogens is 350 g/mol. The van der Waals surface area contributed by atoms with Crippen LogP contribution >= 0.6 is 11.6 Å². The van der Waals surface area contributed by atoms with Crippen LogP contribution in [0.1, 0.15) is 16.7 Å². The molecule has 0 spiro atoms. The third-order valence-electron chi connectivity index (χ3n) is 4.53. The number of hydrogen-bond donors (Lipinski definition) is 0. The van der Waals surface area contributed by atoms with Crippen LogP contribution < -0.4 is 5.56 Å². The highest BCUT2D eigenvalue weighted by Crippen LogP contribution is 2.20. The molecule has 0 fully saturated rings. The first-order chi connectivity index (χ1) is 12.5. The standard InChI is InChI=1S/C19H16ClN5O/c1-11-5-7-15(8-13(11)3)25-18-17(22-23-25)19(26)24(10-21-18)16-9-14(20)6-4-12(16)2/h4-10H,1-3H3. The van der Waals surface area contributed by atoms with Gasteiger partial charge in [-0.1, -0.05) is 28.9 Å². The Hall–Kier alpha value is -2.99. The molecule has 130 valence electrons. The largest absolute Gasteiger partial charge is 0.288 e. The molecule has 4 rings (SSSR count). The average molecular weight is 366 g/mol. The molecule has 0 unspecified atom stereocenters. The molecule has 2 heterocycles. The summed E-state index contributed by atoms with van der Waals surface area (Å²) < 4.78 is 3.03. The molecule has 0 aliphatic heterocycles. The molecular formula is C19H16ClN5O. The second-order valence-electron chi connectivity index (χ2n) is 6.29. The third kappa shape index (κ3) is 2.59. The van der Waals surface area contributed by atoms with E-state index in [1.54, 1.807) is 16.8 Å². The first-order valence-electron chi connectivity index (χ1n) is 8.13. The Bertz CT molecular complexity index is 1210. The van der Waals surface area contributed by atoms with Crippen molar-refractivity contribution in [2.45, 2.75) is 20.8 Å². The molecule has 0 aliphatic carbocycles. The van der Waals surface area contributed by atoms with Gasteiger partial charge in [0.15, 0.2) is 11.2 Å². The molecule has 6 nitrogen and oxygen atoms in total. The van der Waals surface area contributed by atoms with Crippen LogP contribution in [0, 0.1) is 20.8 Å². The van der Waals surface area contributed by atoms with Crippen LogP contribution in [-0.4, -0.2) is 24.5 Å². The molecule has 0 saturated heterocycles. The lowest BCUT2D eigenvalue weighted by Gasteiger charge is -2.09. The zero-order valence-corrected chi connectivity index (χ0v) is 15.3. The highest BCUT2D eigenvalue weighted by molar-refractivity contribution is 6.30. The lowest BCUT2D eigenvalue weighted by atomic mass is 10.1. The maximum Gasteiger partial charge on any atom is 0.288 e. The topological polar surface area (TPSA) is 65.6 Å². The van der Waals surface area contributed by atoms with Gasteiger partial charge in [-0.3, -0.25) is 9.36 Å². The minimum atomic E-state index is -0.282. The Morgan fingerprint density at radius 2 is 1.73 bits per heavy atom. The number of benzene rings is 2. The molecule has 26 heavy (non-hydrogen) atoms. The Morgan fingerprint density at radius 3 is 2.50 bits per heavy atom. The number of hydrogen-bond acceptors (Lipinski definition) is 4. The first kappa shape index (κ1) is 16.5. The van der Waals surface area contributed by atoms with E-state index in [9.17, 15) is 4.79 Å². The van der Waals surface area contributed by atoms with Crippen LogP contribution in [0.2, 0.25) is 5.02 Å². The van der Waals surface area contributed by atoms with Crippen LogP contribution in [0.25, 0.3) is 22.5 Å². The Labute approximate surface area is 154 Å². The number of aryl methyl sites for hydroxylation is 3. The van der Waals surface area contributed by atoms with Crippen molar-refractivity contribution < 1.29 is 0 Å². The van der Waals surface area contributed by atoms with Crippen LogP contribution in [0.4, 0.5) is 0 Å².